The van der Waals surface area contributed by atoms with Crippen LogP contribution in [-0.4, -0.2) is 12.1 Å². The van der Waals surface area contributed by atoms with Crippen LogP contribution in [0.1, 0.15) is 25.8 Å². The Hall–Kier alpha value is -1.71. The highest BCUT2D eigenvalue weighted by Crippen LogP contribution is 2.00. The zero-order chi connectivity index (χ0) is 12.0. The van der Waals surface area contributed by atoms with Crippen molar-refractivity contribution in [2.45, 2.75) is 20.3 Å². The molecule has 0 aliphatic heterocycles. The Labute approximate surface area is 94.4 Å². The fraction of sp³-hybridized carbons (Fsp3) is 0.333. The van der Waals surface area contributed by atoms with Gasteiger partial charge in [-0.1, -0.05) is 26.0 Å². The molecule has 0 aliphatic rings. The maximum Gasteiger partial charge on any atom is 0.240 e. The number of nitrogens with zero attached hydrogens (tertiary/aromatic N) is 1. The standard InChI is InChI=1S/C12H15FN2O/c1-9(2)7-12(16)15-14-8-10-3-5-11(13)6-4-10/h3-6,8-9H,7H2,1-2H3,(H,15,16)/b14-8+. The second-order valence-electron chi connectivity index (χ2n) is 3.94. The predicted octanol–water partition coefficient (Wildman–Crippen LogP) is 2.32. The summed E-state index contributed by atoms with van der Waals surface area (Å²) in [6.45, 7) is 3.92. The SMILES string of the molecule is CC(C)CC(=O)N/N=C/c1ccc(F)cc1. The van der Waals surface area contributed by atoms with Crippen molar-refractivity contribution in [1.82, 2.24) is 5.43 Å². The van der Waals surface area contributed by atoms with Crippen LogP contribution in [0, 0.1) is 11.7 Å². The Morgan fingerprint density at radius 2 is 2.06 bits per heavy atom. The topological polar surface area (TPSA) is 41.5 Å². The minimum atomic E-state index is -0.291. The highest BCUT2D eigenvalue weighted by atomic mass is 19.1. The van der Waals surface area contributed by atoms with E-state index in [1.807, 2.05) is 13.8 Å². The largest absolute Gasteiger partial charge is 0.273 e. The zero-order valence-electron chi connectivity index (χ0n) is 9.40. The summed E-state index contributed by atoms with van der Waals surface area (Å²) >= 11 is 0. The summed E-state index contributed by atoms with van der Waals surface area (Å²) in [7, 11) is 0. The number of benzene rings is 1. The normalized spacial score (nSPS) is 11.0. The molecule has 86 valence electrons. The average molecular weight is 222 g/mol. The Morgan fingerprint density at radius 3 is 2.62 bits per heavy atom. The molecule has 0 saturated heterocycles. The zero-order valence-corrected chi connectivity index (χ0v) is 9.40. The minimum Gasteiger partial charge on any atom is -0.273 e. The third kappa shape index (κ3) is 4.68. The summed E-state index contributed by atoms with van der Waals surface area (Å²) in [4.78, 5) is 11.2. The van der Waals surface area contributed by atoms with Gasteiger partial charge in [0, 0.05) is 6.42 Å². The molecule has 0 aliphatic carbocycles. The predicted molar refractivity (Wildman–Crippen MR) is 61.6 cm³/mol. The van der Waals surface area contributed by atoms with Gasteiger partial charge in [-0.2, -0.15) is 5.10 Å². The summed E-state index contributed by atoms with van der Waals surface area (Å²) < 4.78 is 12.6. The van der Waals surface area contributed by atoms with E-state index in [1.54, 1.807) is 12.1 Å². The maximum absolute atomic E-state index is 12.6. The first-order chi connectivity index (χ1) is 7.58. The van der Waals surface area contributed by atoms with Gasteiger partial charge in [-0.3, -0.25) is 4.79 Å². The van der Waals surface area contributed by atoms with Crippen molar-refractivity contribution < 1.29 is 9.18 Å². The lowest BCUT2D eigenvalue weighted by Crippen LogP contribution is -2.19. The highest BCUT2D eigenvalue weighted by Gasteiger charge is 2.01. The average Bonchev–Trinajstić information content (AvgIpc) is 2.20. The Balaban J connectivity index is 2.43. The molecule has 0 heterocycles. The molecule has 4 heteroatoms. The Kier molecular flexibility index (Phi) is 4.64. The van der Waals surface area contributed by atoms with Crippen LogP contribution in [0.25, 0.3) is 0 Å². The lowest BCUT2D eigenvalue weighted by atomic mass is 10.1. The molecule has 0 radical (unpaired) electrons. The lowest BCUT2D eigenvalue weighted by Gasteiger charge is -2.01. The number of carbonyl (C=O) groups excluding carboxylic acids is 1. The van der Waals surface area contributed by atoms with Crippen LogP contribution in [0.4, 0.5) is 4.39 Å². The van der Waals surface area contributed by atoms with E-state index >= 15 is 0 Å². The smallest absolute Gasteiger partial charge is 0.240 e. The summed E-state index contributed by atoms with van der Waals surface area (Å²) in [6.07, 6.45) is 1.93. The van der Waals surface area contributed by atoms with E-state index in [9.17, 15) is 9.18 Å². The van der Waals surface area contributed by atoms with Crippen molar-refractivity contribution in [2.75, 3.05) is 0 Å². The van der Waals surface area contributed by atoms with Crippen LogP contribution in [0.3, 0.4) is 0 Å². The number of halogens is 1. The molecule has 0 spiro atoms. The molecule has 0 fully saturated rings. The van der Waals surface area contributed by atoms with E-state index < -0.39 is 0 Å². The molecule has 0 bridgehead atoms. The molecular weight excluding hydrogens is 207 g/mol. The molecule has 0 saturated carbocycles. The van der Waals surface area contributed by atoms with Crippen LogP contribution in [0.15, 0.2) is 29.4 Å². The molecular formula is C12H15FN2O. The Bertz CT molecular complexity index is 371. The summed E-state index contributed by atoms with van der Waals surface area (Å²) in [5.74, 6) is -0.102. The van der Waals surface area contributed by atoms with Crippen molar-refractivity contribution in [3.05, 3.63) is 35.6 Å². The molecule has 16 heavy (non-hydrogen) atoms. The van der Waals surface area contributed by atoms with E-state index in [0.717, 1.165) is 5.56 Å². The van der Waals surface area contributed by atoms with Crippen molar-refractivity contribution in [3.63, 3.8) is 0 Å². The van der Waals surface area contributed by atoms with Gasteiger partial charge in [0.1, 0.15) is 5.82 Å². The van der Waals surface area contributed by atoms with Gasteiger partial charge in [-0.15, -0.1) is 0 Å². The van der Waals surface area contributed by atoms with Crippen LogP contribution in [-0.2, 0) is 4.79 Å². The van der Waals surface area contributed by atoms with Gasteiger partial charge in [0.25, 0.3) is 0 Å². The quantitative estimate of drug-likeness (QED) is 0.616. The third-order valence-corrected chi connectivity index (χ3v) is 1.87. The summed E-state index contributed by atoms with van der Waals surface area (Å²) in [5, 5.41) is 3.78. The molecule has 1 amide bonds. The number of hydrogen-bond donors (Lipinski definition) is 1. The number of nitrogens with one attached hydrogen (secondary N) is 1. The maximum atomic E-state index is 12.6. The number of hydrazone groups is 1. The van der Waals surface area contributed by atoms with Crippen LogP contribution < -0.4 is 5.43 Å². The fourth-order valence-corrected chi connectivity index (χ4v) is 1.14. The monoisotopic (exact) mass is 222 g/mol. The molecule has 3 nitrogen and oxygen atoms in total. The van der Waals surface area contributed by atoms with Gasteiger partial charge in [0.2, 0.25) is 5.91 Å². The fourth-order valence-electron chi connectivity index (χ4n) is 1.14. The molecule has 1 N–H and O–H groups in total. The van der Waals surface area contributed by atoms with Crippen LogP contribution >= 0.6 is 0 Å². The minimum absolute atomic E-state index is 0.117. The van der Waals surface area contributed by atoms with Crippen molar-refractivity contribution in [2.24, 2.45) is 11.0 Å². The molecule has 1 aromatic carbocycles. The van der Waals surface area contributed by atoms with Gasteiger partial charge in [-0.25, -0.2) is 9.82 Å². The van der Waals surface area contributed by atoms with Crippen molar-refractivity contribution in [3.8, 4) is 0 Å². The van der Waals surface area contributed by atoms with E-state index in [0.29, 0.717) is 12.3 Å². The molecule has 1 rings (SSSR count). The number of hydrogen-bond acceptors (Lipinski definition) is 2. The second kappa shape index (κ2) is 6.00. The molecule has 1 aromatic rings. The van der Waals surface area contributed by atoms with Gasteiger partial charge >= 0.3 is 0 Å². The molecule has 0 aromatic heterocycles. The van der Waals surface area contributed by atoms with Crippen LogP contribution in [0.2, 0.25) is 0 Å². The van der Waals surface area contributed by atoms with Gasteiger partial charge in [-0.05, 0) is 23.6 Å². The van der Waals surface area contributed by atoms with E-state index in [1.165, 1.54) is 18.3 Å². The van der Waals surface area contributed by atoms with Gasteiger partial charge in [0.05, 0.1) is 6.21 Å². The first-order valence-electron chi connectivity index (χ1n) is 5.15. The first kappa shape index (κ1) is 12.4. The summed E-state index contributed by atoms with van der Waals surface area (Å²) in [6, 6.07) is 5.87. The van der Waals surface area contributed by atoms with Gasteiger partial charge < -0.3 is 0 Å². The number of amides is 1. The van der Waals surface area contributed by atoms with E-state index in [-0.39, 0.29) is 11.7 Å². The van der Waals surface area contributed by atoms with Crippen molar-refractivity contribution >= 4 is 12.1 Å². The first-order valence-corrected chi connectivity index (χ1v) is 5.15. The van der Waals surface area contributed by atoms with Crippen LogP contribution in [0.5, 0.6) is 0 Å². The second-order valence-corrected chi connectivity index (χ2v) is 3.94. The molecule has 0 unspecified atom stereocenters. The Morgan fingerprint density at radius 1 is 1.44 bits per heavy atom. The van der Waals surface area contributed by atoms with E-state index in [2.05, 4.69) is 10.5 Å². The molecule has 0 atom stereocenters. The number of carbonyl (C=O) groups is 1. The summed E-state index contributed by atoms with van der Waals surface area (Å²) in [5.41, 5.74) is 3.16. The van der Waals surface area contributed by atoms with Gasteiger partial charge in [0.15, 0.2) is 0 Å². The van der Waals surface area contributed by atoms with E-state index in [4.69, 9.17) is 0 Å². The highest BCUT2D eigenvalue weighted by molar-refractivity contribution is 5.82. The third-order valence-electron chi connectivity index (χ3n) is 1.87. The number of rotatable bonds is 4. The lowest BCUT2D eigenvalue weighted by molar-refractivity contribution is -0.121. The van der Waals surface area contributed by atoms with Crippen molar-refractivity contribution in [1.29, 1.82) is 0 Å².